The predicted octanol–water partition coefficient (Wildman–Crippen LogP) is 1.33. The lowest BCUT2D eigenvalue weighted by Crippen LogP contribution is -2.51. The summed E-state index contributed by atoms with van der Waals surface area (Å²) in [7, 11) is -3.61. The van der Waals surface area contributed by atoms with Gasteiger partial charge in [0.15, 0.2) is 0 Å². The first-order valence-corrected chi connectivity index (χ1v) is 10.9. The van der Waals surface area contributed by atoms with Crippen LogP contribution in [0.3, 0.4) is 0 Å². The van der Waals surface area contributed by atoms with Gasteiger partial charge in [-0.05, 0) is 12.1 Å². The molecule has 0 bridgehead atoms. The number of amides is 1. The fourth-order valence-corrected chi connectivity index (χ4v) is 6.64. The molecular weight excluding hydrogens is 340 g/mol. The molecule has 22 heavy (non-hydrogen) atoms. The molecule has 2 fully saturated rings. The van der Waals surface area contributed by atoms with Crippen LogP contribution in [0, 0.1) is 0 Å². The second-order valence-electron chi connectivity index (χ2n) is 5.16. The van der Waals surface area contributed by atoms with Gasteiger partial charge >= 0.3 is 0 Å². The van der Waals surface area contributed by atoms with E-state index in [9.17, 15) is 13.2 Å². The van der Waals surface area contributed by atoms with Crippen LogP contribution < -0.4 is 0 Å². The van der Waals surface area contributed by atoms with Gasteiger partial charge in [-0.15, -0.1) is 11.8 Å². The number of nitrogens with zero attached hydrogens (tertiary/aromatic N) is 2. The van der Waals surface area contributed by atoms with Crippen LogP contribution in [0.2, 0.25) is 0 Å². The molecule has 2 heterocycles. The van der Waals surface area contributed by atoms with Crippen LogP contribution >= 0.6 is 23.5 Å². The lowest BCUT2D eigenvalue weighted by atomic mass is 10.3. The van der Waals surface area contributed by atoms with Gasteiger partial charge in [-0.3, -0.25) is 4.79 Å². The maximum Gasteiger partial charge on any atom is 0.244 e. The van der Waals surface area contributed by atoms with Crippen molar-refractivity contribution in [2.24, 2.45) is 0 Å². The number of benzene rings is 1. The van der Waals surface area contributed by atoms with E-state index in [1.807, 2.05) is 11.8 Å². The lowest BCUT2D eigenvalue weighted by molar-refractivity contribution is -0.133. The van der Waals surface area contributed by atoms with Gasteiger partial charge in [-0.1, -0.05) is 18.2 Å². The molecule has 3 rings (SSSR count). The van der Waals surface area contributed by atoms with Gasteiger partial charge in [0.1, 0.15) is 6.04 Å². The Labute approximate surface area is 139 Å². The monoisotopic (exact) mass is 358 g/mol. The molecule has 1 atom stereocenters. The van der Waals surface area contributed by atoms with E-state index >= 15 is 0 Å². The molecule has 0 saturated carbocycles. The van der Waals surface area contributed by atoms with Crippen molar-refractivity contribution in [1.82, 2.24) is 9.21 Å². The van der Waals surface area contributed by atoms with Crippen LogP contribution in [0.5, 0.6) is 0 Å². The largest absolute Gasteiger partial charge is 0.340 e. The van der Waals surface area contributed by atoms with Crippen LogP contribution in [0.15, 0.2) is 35.2 Å². The van der Waals surface area contributed by atoms with Crippen molar-refractivity contribution in [3.8, 4) is 0 Å². The SMILES string of the molecule is O=C(C1CSCN1S(=O)(=O)c1ccccc1)N1CCSCC1. The van der Waals surface area contributed by atoms with E-state index in [-0.39, 0.29) is 10.8 Å². The van der Waals surface area contributed by atoms with Crippen LogP contribution in [0.25, 0.3) is 0 Å². The Bertz CT molecular complexity index is 630. The molecule has 1 aromatic carbocycles. The third-order valence-corrected chi connectivity index (χ3v) is 7.79. The van der Waals surface area contributed by atoms with Gasteiger partial charge in [0.25, 0.3) is 0 Å². The number of sulfonamides is 1. The summed E-state index contributed by atoms with van der Waals surface area (Å²) >= 11 is 3.33. The third-order valence-electron chi connectivity index (χ3n) is 3.80. The highest BCUT2D eigenvalue weighted by atomic mass is 32.2. The van der Waals surface area contributed by atoms with Gasteiger partial charge in [0.05, 0.1) is 10.8 Å². The first-order chi connectivity index (χ1) is 10.6. The summed E-state index contributed by atoms with van der Waals surface area (Å²) in [5.41, 5.74) is 0. The zero-order chi connectivity index (χ0) is 15.6. The summed E-state index contributed by atoms with van der Waals surface area (Å²) < 4.78 is 26.9. The van der Waals surface area contributed by atoms with Crippen molar-refractivity contribution in [1.29, 1.82) is 0 Å². The summed E-state index contributed by atoms with van der Waals surface area (Å²) in [6.07, 6.45) is 0. The van der Waals surface area contributed by atoms with Crippen LogP contribution in [-0.4, -0.2) is 65.8 Å². The molecule has 5 nitrogen and oxygen atoms in total. The van der Waals surface area contributed by atoms with Crippen molar-refractivity contribution in [3.63, 3.8) is 0 Å². The van der Waals surface area contributed by atoms with E-state index in [1.54, 1.807) is 35.2 Å². The summed E-state index contributed by atoms with van der Waals surface area (Å²) in [5, 5.41) is 0. The topological polar surface area (TPSA) is 57.7 Å². The molecule has 1 amide bonds. The van der Waals surface area contributed by atoms with Gasteiger partial charge in [0, 0.05) is 30.3 Å². The Morgan fingerprint density at radius 3 is 2.45 bits per heavy atom. The van der Waals surface area contributed by atoms with Gasteiger partial charge < -0.3 is 4.90 Å². The molecule has 1 aromatic rings. The molecule has 2 aliphatic heterocycles. The van der Waals surface area contributed by atoms with Crippen molar-refractivity contribution >= 4 is 39.5 Å². The number of carbonyl (C=O) groups excluding carboxylic acids is 1. The molecule has 0 spiro atoms. The highest BCUT2D eigenvalue weighted by molar-refractivity contribution is 8.00. The molecule has 120 valence electrons. The minimum absolute atomic E-state index is 0.0511. The quantitative estimate of drug-likeness (QED) is 0.816. The standard InChI is InChI=1S/C14H18N2O3S3/c17-14(15-6-8-20-9-7-15)13-10-21-11-16(13)22(18,19)12-4-2-1-3-5-12/h1-5,13H,6-11H2. The van der Waals surface area contributed by atoms with Gasteiger partial charge in [-0.25, -0.2) is 8.42 Å². The summed E-state index contributed by atoms with van der Waals surface area (Å²) in [5.74, 6) is 2.68. The van der Waals surface area contributed by atoms with Crippen LogP contribution in [-0.2, 0) is 14.8 Å². The Balaban J connectivity index is 1.82. The zero-order valence-corrected chi connectivity index (χ0v) is 14.5. The number of thioether (sulfide) groups is 2. The maximum absolute atomic E-state index is 12.8. The minimum atomic E-state index is -3.61. The van der Waals surface area contributed by atoms with Crippen LogP contribution in [0.1, 0.15) is 0 Å². The summed E-state index contributed by atoms with van der Waals surface area (Å²) in [4.78, 5) is 14.7. The zero-order valence-electron chi connectivity index (χ0n) is 12.1. The molecule has 2 saturated heterocycles. The molecule has 8 heteroatoms. The molecule has 1 unspecified atom stereocenters. The van der Waals surface area contributed by atoms with E-state index in [0.717, 1.165) is 11.5 Å². The van der Waals surface area contributed by atoms with E-state index in [2.05, 4.69) is 0 Å². The first kappa shape index (κ1) is 16.2. The number of hydrogen-bond donors (Lipinski definition) is 0. The molecule has 0 N–H and O–H groups in total. The second kappa shape index (κ2) is 6.82. The molecule has 2 aliphatic rings. The van der Waals surface area contributed by atoms with Gasteiger partial charge in [-0.2, -0.15) is 16.1 Å². The average Bonchev–Trinajstić information content (AvgIpc) is 3.06. The van der Waals surface area contributed by atoms with Crippen LogP contribution in [0.4, 0.5) is 0 Å². The van der Waals surface area contributed by atoms with Crippen molar-refractivity contribution < 1.29 is 13.2 Å². The maximum atomic E-state index is 12.8. The highest BCUT2D eigenvalue weighted by Gasteiger charge is 2.41. The Morgan fingerprint density at radius 1 is 1.09 bits per heavy atom. The Hall–Kier alpha value is -0.700. The fraction of sp³-hybridized carbons (Fsp3) is 0.500. The number of carbonyl (C=O) groups is 1. The number of hydrogen-bond acceptors (Lipinski definition) is 5. The van der Waals surface area contributed by atoms with E-state index in [1.165, 1.54) is 16.1 Å². The smallest absolute Gasteiger partial charge is 0.244 e. The summed E-state index contributed by atoms with van der Waals surface area (Å²) in [6, 6.07) is 7.78. The Morgan fingerprint density at radius 2 is 1.77 bits per heavy atom. The molecule has 0 aliphatic carbocycles. The first-order valence-electron chi connectivity index (χ1n) is 7.12. The molecule has 0 aromatic heterocycles. The predicted molar refractivity (Wildman–Crippen MR) is 90.5 cm³/mol. The second-order valence-corrected chi connectivity index (χ2v) is 9.27. The third kappa shape index (κ3) is 3.15. The highest BCUT2D eigenvalue weighted by Crippen LogP contribution is 2.29. The lowest BCUT2D eigenvalue weighted by Gasteiger charge is -2.31. The molecular formula is C14H18N2O3S3. The summed E-state index contributed by atoms with van der Waals surface area (Å²) in [6.45, 7) is 1.42. The van der Waals surface area contributed by atoms with Gasteiger partial charge in [0.2, 0.25) is 15.9 Å². The average molecular weight is 359 g/mol. The molecule has 0 radical (unpaired) electrons. The van der Waals surface area contributed by atoms with Crippen molar-refractivity contribution in [3.05, 3.63) is 30.3 Å². The number of rotatable bonds is 3. The van der Waals surface area contributed by atoms with E-state index in [0.29, 0.717) is 24.7 Å². The van der Waals surface area contributed by atoms with Crippen molar-refractivity contribution in [2.75, 3.05) is 36.2 Å². The normalized spacial score (nSPS) is 23.6. The van der Waals surface area contributed by atoms with E-state index in [4.69, 9.17) is 0 Å². The fourth-order valence-electron chi connectivity index (χ4n) is 2.58. The minimum Gasteiger partial charge on any atom is -0.340 e. The van der Waals surface area contributed by atoms with E-state index < -0.39 is 16.1 Å². The van der Waals surface area contributed by atoms with Crippen molar-refractivity contribution in [2.45, 2.75) is 10.9 Å². The Kier molecular flexibility index (Phi) is 5.01.